The molecule has 2 N–H and O–H groups in total. The highest BCUT2D eigenvalue weighted by molar-refractivity contribution is 5.79. The van der Waals surface area contributed by atoms with Crippen LogP contribution >= 0.6 is 0 Å². The molecule has 1 aliphatic rings. The molecule has 0 saturated carbocycles. The maximum Gasteiger partial charge on any atom is 0.227 e. The molecule has 22 heavy (non-hydrogen) atoms. The van der Waals surface area contributed by atoms with Crippen LogP contribution in [-0.2, 0) is 9.53 Å². The first-order valence-corrected chi connectivity index (χ1v) is 8.20. The maximum absolute atomic E-state index is 12.6. The molecule has 0 aromatic heterocycles. The van der Waals surface area contributed by atoms with Gasteiger partial charge in [-0.05, 0) is 17.9 Å². The Bertz CT molecular complexity index is 475. The Balaban J connectivity index is 1.89. The number of amides is 1. The average Bonchev–Trinajstić information content (AvgIpc) is 3.00. The van der Waals surface area contributed by atoms with Crippen LogP contribution in [0, 0.1) is 11.8 Å². The van der Waals surface area contributed by atoms with Crippen molar-refractivity contribution in [3.63, 3.8) is 0 Å². The van der Waals surface area contributed by atoms with Crippen LogP contribution in [0.4, 0.5) is 0 Å². The van der Waals surface area contributed by atoms with Crippen molar-refractivity contribution in [2.45, 2.75) is 39.3 Å². The van der Waals surface area contributed by atoms with E-state index >= 15 is 0 Å². The second-order valence-electron chi connectivity index (χ2n) is 6.65. The van der Waals surface area contributed by atoms with Crippen molar-refractivity contribution in [3.8, 4) is 0 Å². The summed E-state index contributed by atoms with van der Waals surface area (Å²) in [6, 6.07) is 9.57. The molecule has 1 aromatic carbocycles. The van der Waals surface area contributed by atoms with E-state index in [1.54, 1.807) is 0 Å². The van der Waals surface area contributed by atoms with Crippen LogP contribution in [0.3, 0.4) is 0 Å². The molecule has 1 aliphatic heterocycles. The minimum absolute atomic E-state index is 0.131. The van der Waals surface area contributed by atoms with Crippen LogP contribution in [0.5, 0.6) is 0 Å². The van der Waals surface area contributed by atoms with Gasteiger partial charge in [0, 0.05) is 25.7 Å². The van der Waals surface area contributed by atoms with E-state index in [9.17, 15) is 4.79 Å². The smallest absolute Gasteiger partial charge is 0.227 e. The van der Waals surface area contributed by atoms with Gasteiger partial charge in [0.2, 0.25) is 5.91 Å². The normalized spacial score (nSPS) is 21.1. The van der Waals surface area contributed by atoms with Gasteiger partial charge in [0.05, 0.1) is 12.0 Å². The molecule has 0 radical (unpaired) electrons. The van der Waals surface area contributed by atoms with Crippen molar-refractivity contribution < 1.29 is 9.53 Å². The Morgan fingerprint density at radius 3 is 2.64 bits per heavy atom. The topological polar surface area (TPSA) is 55.6 Å². The Kier molecular flexibility index (Phi) is 5.98. The molecule has 4 nitrogen and oxygen atoms in total. The van der Waals surface area contributed by atoms with Crippen molar-refractivity contribution in [1.82, 2.24) is 4.90 Å². The molecule has 0 spiro atoms. The summed E-state index contributed by atoms with van der Waals surface area (Å²) in [7, 11) is 0. The van der Waals surface area contributed by atoms with E-state index in [2.05, 4.69) is 13.8 Å². The summed E-state index contributed by atoms with van der Waals surface area (Å²) in [6.07, 6.45) is 1.10. The maximum atomic E-state index is 12.6. The molecule has 3 atom stereocenters. The second kappa shape index (κ2) is 7.75. The summed E-state index contributed by atoms with van der Waals surface area (Å²) in [6.45, 7) is 8.41. The highest BCUT2D eigenvalue weighted by Gasteiger charge is 2.32. The fraction of sp³-hybridized carbons (Fsp3) is 0.611. The molecule has 1 heterocycles. The van der Waals surface area contributed by atoms with Gasteiger partial charge in [0.15, 0.2) is 0 Å². The summed E-state index contributed by atoms with van der Waals surface area (Å²) >= 11 is 0. The van der Waals surface area contributed by atoms with Crippen molar-refractivity contribution in [2.24, 2.45) is 17.6 Å². The lowest BCUT2D eigenvalue weighted by molar-refractivity contribution is -0.135. The molecule has 1 fully saturated rings. The average molecular weight is 304 g/mol. The number of carbonyl (C=O) groups excluding carboxylic acids is 1. The van der Waals surface area contributed by atoms with E-state index < -0.39 is 0 Å². The number of ether oxygens (including phenoxy) is 1. The SMILES string of the molecule is CC(C)COC1CCN(C(=O)C(C)C(N)c2ccccc2)C1. The third-order valence-electron chi connectivity index (χ3n) is 4.23. The minimum atomic E-state index is -0.260. The molecular weight excluding hydrogens is 276 g/mol. The van der Waals surface area contributed by atoms with Crippen molar-refractivity contribution in [3.05, 3.63) is 35.9 Å². The molecule has 1 aromatic rings. The van der Waals surface area contributed by atoms with Crippen molar-refractivity contribution >= 4 is 5.91 Å². The first-order chi connectivity index (χ1) is 10.5. The highest BCUT2D eigenvalue weighted by Crippen LogP contribution is 2.23. The molecule has 1 amide bonds. The third kappa shape index (κ3) is 4.31. The van der Waals surface area contributed by atoms with E-state index in [0.717, 1.165) is 25.1 Å². The number of carbonyl (C=O) groups is 1. The first kappa shape index (κ1) is 17.0. The van der Waals surface area contributed by atoms with Gasteiger partial charge in [0.1, 0.15) is 0 Å². The zero-order valence-electron chi connectivity index (χ0n) is 13.9. The third-order valence-corrected chi connectivity index (χ3v) is 4.23. The number of benzene rings is 1. The van der Waals surface area contributed by atoms with E-state index in [-0.39, 0.29) is 24.0 Å². The van der Waals surface area contributed by atoms with Crippen LogP contribution in [-0.4, -0.2) is 36.6 Å². The molecule has 4 heteroatoms. The second-order valence-corrected chi connectivity index (χ2v) is 6.65. The molecule has 0 aliphatic carbocycles. The van der Waals surface area contributed by atoms with Crippen LogP contribution in [0.2, 0.25) is 0 Å². The van der Waals surface area contributed by atoms with E-state index in [0.29, 0.717) is 12.5 Å². The van der Waals surface area contributed by atoms with Gasteiger partial charge in [-0.15, -0.1) is 0 Å². The first-order valence-electron chi connectivity index (χ1n) is 8.20. The summed E-state index contributed by atoms with van der Waals surface area (Å²) in [4.78, 5) is 14.5. The number of rotatable bonds is 6. The number of nitrogens with two attached hydrogens (primary N) is 1. The Hall–Kier alpha value is -1.39. The number of nitrogens with zero attached hydrogens (tertiary/aromatic N) is 1. The predicted molar refractivity (Wildman–Crippen MR) is 88.3 cm³/mol. The van der Waals surface area contributed by atoms with Crippen molar-refractivity contribution in [1.29, 1.82) is 0 Å². The molecule has 0 bridgehead atoms. The molecular formula is C18H28N2O2. The summed E-state index contributed by atoms with van der Waals surface area (Å²) in [5.74, 6) is 0.438. The van der Waals surface area contributed by atoms with Crippen molar-refractivity contribution in [2.75, 3.05) is 19.7 Å². The van der Waals surface area contributed by atoms with Crippen LogP contribution in [0.1, 0.15) is 38.8 Å². The zero-order chi connectivity index (χ0) is 16.1. The predicted octanol–water partition coefficient (Wildman–Crippen LogP) is 2.60. The fourth-order valence-electron chi connectivity index (χ4n) is 2.80. The van der Waals surface area contributed by atoms with Crippen LogP contribution < -0.4 is 5.73 Å². The molecule has 2 rings (SSSR count). The van der Waals surface area contributed by atoms with Gasteiger partial charge in [0.25, 0.3) is 0 Å². The van der Waals surface area contributed by atoms with Gasteiger partial charge >= 0.3 is 0 Å². The molecule has 1 saturated heterocycles. The lowest BCUT2D eigenvalue weighted by atomic mass is 9.94. The van der Waals surface area contributed by atoms with E-state index in [4.69, 9.17) is 10.5 Å². The standard InChI is InChI=1S/C18H28N2O2/c1-13(2)12-22-16-9-10-20(11-16)18(21)14(3)17(19)15-7-5-4-6-8-15/h4-8,13-14,16-17H,9-12,19H2,1-3H3. The monoisotopic (exact) mass is 304 g/mol. The Morgan fingerprint density at radius 2 is 2.00 bits per heavy atom. The van der Waals surface area contributed by atoms with Gasteiger partial charge in [-0.2, -0.15) is 0 Å². The van der Waals surface area contributed by atoms with Crippen LogP contribution in [0.15, 0.2) is 30.3 Å². The Morgan fingerprint density at radius 1 is 1.32 bits per heavy atom. The minimum Gasteiger partial charge on any atom is -0.376 e. The number of hydrogen-bond donors (Lipinski definition) is 1. The van der Waals surface area contributed by atoms with Crippen LogP contribution in [0.25, 0.3) is 0 Å². The van der Waals surface area contributed by atoms with Gasteiger partial charge in [-0.3, -0.25) is 4.79 Å². The summed E-state index contributed by atoms with van der Waals surface area (Å²) < 4.78 is 5.84. The number of likely N-dealkylation sites (tertiary alicyclic amines) is 1. The highest BCUT2D eigenvalue weighted by atomic mass is 16.5. The Labute approximate surface area is 133 Å². The largest absolute Gasteiger partial charge is 0.376 e. The lowest BCUT2D eigenvalue weighted by Gasteiger charge is -2.25. The van der Waals surface area contributed by atoms with Gasteiger partial charge in [-0.25, -0.2) is 0 Å². The molecule has 3 unspecified atom stereocenters. The van der Waals surface area contributed by atoms with E-state index in [1.165, 1.54) is 0 Å². The van der Waals surface area contributed by atoms with Gasteiger partial charge < -0.3 is 15.4 Å². The molecule has 122 valence electrons. The lowest BCUT2D eigenvalue weighted by Crippen LogP contribution is -2.38. The zero-order valence-corrected chi connectivity index (χ0v) is 13.9. The summed E-state index contributed by atoms with van der Waals surface area (Å²) in [5, 5.41) is 0. The quantitative estimate of drug-likeness (QED) is 0.879. The fourth-order valence-corrected chi connectivity index (χ4v) is 2.80. The van der Waals surface area contributed by atoms with E-state index in [1.807, 2.05) is 42.2 Å². The van der Waals surface area contributed by atoms with Gasteiger partial charge in [-0.1, -0.05) is 51.1 Å². The number of hydrogen-bond acceptors (Lipinski definition) is 3. The summed E-state index contributed by atoms with van der Waals surface area (Å²) in [5.41, 5.74) is 7.27.